The third-order valence-corrected chi connectivity index (χ3v) is 2.83. The van der Waals surface area contributed by atoms with E-state index in [1.54, 1.807) is 13.0 Å². The maximum atomic E-state index is 13.2. The first-order chi connectivity index (χ1) is 8.54. The Balaban J connectivity index is 2.21. The highest BCUT2D eigenvalue weighted by molar-refractivity contribution is 7.99. The van der Waals surface area contributed by atoms with Crippen LogP contribution in [0.3, 0.4) is 0 Å². The first-order valence-electron chi connectivity index (χ1n) is 5.00. The first kappa shape index (κ1) is 12.6. The Hall–Kier alpha value is -1.89. The molecule has 0 amide bonds. The number of aromatic nitrogens is 2. The molecule has 0 fully saturated rings. The minimum absolute atomic E-state index is 0.148. The molecule has 0 spiro atoms. The van der Waals surface area contributed by atoms with Gasteiger partial charge in [0.1, 0.15) is 11.6 Å². The number of halogens is 1. The molecule has 94 valence electrons. The summed E-state index contributed by atoms with van der Waals surface area (Å²) in [5.74, 6) is -1.27. The molecule has 7 heteroatoms. The summed E-state index contributed by atoms with van der Waals surface area (Å²) < 4.78 is 18.1. The van der Waals surface area contributed by atoms with E-state index in [9.17, 15) is 9.18 Å². The highest BCUT2D eigenvalue weighted by atomic mass is 32.2. The predicted molar refractivity (Wildman–Crippen MR) is 62.8 cm³/mol. The topological polar surface area (TPSA) is 76.2 Å². The van der Waals surface area contributed by atoms with E-state index >= 15 is 0 Å². The van der Waals surface area contributed by atoms with Gasteiger partial charge in [0.25, 0.3) is 5.22 Å². The number of carboxylic acid groups (broad SMARTS) is 1. The van der Waals surface area contributed by atoms with Crippen molar-refractivity contribution in [1.82, 2.24) is 10.1 Å². The van der Waals surface area contributed by atoms with Gasteiger partial charge in [0.05, 0.1) is 0 Å². The zero-order valence-electron chi connectivity index (χ0n) is 9.38. The molecule has 0 atom stereocenters. The lowest BCUT2D eigenvalue weighted by molar-refractivity contribution is -0.133. The fourth-order valence-electron chi connectivity index (χ4n) is 1.37. The van der Waals surface area contributed by atoms with E-state index in [1.165, 1.54) is 12.1 Å². The van der Waals surface area contributed by atoms with Crippen molar-refractivity contribution in [3.05, 3.63) is 29.6 Å². The third-order valence-electron chi connectivity index (χ3n) is 2.03. The lowest BCUT2D eigenvalue weighted by atomic mass is 10.1. The number of aliphatic carboxylic acids is 1. The van der Waals surface area contributed by atoms with E-state index in [2.05, 4.69) is 10.1 Å². The van der Waals surface area contributed by atoms with Gasteiger partial charge in [-0.3, -0.25) is 4.79 Å². The van der Waals surface area contributed by atoms with Crippen LogP contribution in [0.25, 0.3) is 11.4 Å². The van der Waals surface area contributed by atoms with Crippen molar-refractivity contribution in [1.29, 1.82) is 0 Å². The van der Waals surface area contributed by atoms with Gasteiger partial charge in [-0.2, -0.15) is 4.98 Å². The largest absolute Gasteiger partial charge is 0.481 e. The molecule has 0 bridgehead atoms. The Bertz CT molecular complexity index is 565. The van der Waals surface area contributed by atoms with Crippen LogP contribution in [0.5, 0.6) is 0 Å². The molecule has 0 aliphatic carbocycles. The summed E-state index contributed by atoms with van der Waals surface area (Å²) in [5, 5.41) is 12.3. The van der Waals surface area contributed by atoms with E-state index in [1.807, 2.05) is 0 Å². The number of hydrogen-bond acceptors (Lipinski definition) is 5. The Morgan fingerprint density at radius 2 is 2.28 bits per heavy atom. The summed E-state index contributed by atoms with van der Waals surface area (Å²) in [6.45, 7) is 1.76. The molecule has 0 aliphatic rings. The summed E-state index contributed by atoms with van der Waals surface area (Å²) in [6.07, 6.45) is 0. The van der Waals surface area contributed by atoms with Gasteiger partial charge in [-0.1, -0.05) is 16.9 Å². The van der Waals surface area contributed by atoms with Gasteiger partial charge in [-0.25, -0.2) is 4.39 Å². The smallest absolute Gasteiger partial charge is 0.314 e. The molecule has 1 N–H and O–H groups in total. The number of rotatable bonds is 4. The molecule has 0 radical (unpaired) electrons. The first-order valence-corrected chi connectivity index (χ1v) is 5.99. The summed E-state index contributed by atoms with van der Waals surface area (Å²) in [6, 6.07) is 4.41. The normalized spacial score (nSPS) is 10.6. The average Bonchev–Trinajstić information content (AvgIpc) is 2.73. The minimum Gasteiger partial charge on any atom is -0.481 e. The lowest BCUT2D eigenvalue weighted by Crippen LogP contribution is -1.97. The quantitative estimate of drug-likeness (QED) is 0.858. The van der Waals surface area contributed by atoms with Crippen LogP contribution in [0.2, 0.25) is 0 Å². The van der Waals surface area contributed by atoms with Crippen LogP contribution in [-0.2, 0) is 4.79 Å². The van der Waals surface area contributed by atoms with Crippen molar-refractivity contribution in [2.45, 2.75) is 12.1 Å². The van der Waals surface area contributed by atoms with E-state index in [4.69, 9.17) is 9.63 Å². The number of aryl methyl sites for hydroxylation is 1. The van der Waals surface area contributed by atoms with Crippen molar-refractivity contribution in [2.75, 3.05) is 5.75 Å². The SMILES string of the molecule is Cc1cc(F)cc(-c2noc(SCC(=O)O)n2)c1. The second kappa shape index (κ2) is 5.18. The van der Waals surface area contributed by atoms with Gasteiger partial charge in [-0.15, -0.1) is 0 Å². The number of carboxylic acids is 1. The molecular formula is C11H9FN2O3S. The van der Waals surface area contributed by atoms with Crippen LogP contribution in [0.1, 0.15) is 5.56 Å². The van der Waals surface area contributed by atoms with Crippen molar-refractivity contribution >= 4 is 17.7 Å². The summed E-state index contributed by atoms with van der Waals surface area (Å²) >= 11 is 0.919. The zero-order chi connectivity index (χ0) is 13.1. The lowest BCUT2D eigenvalue weighted by Gasteiger charge is -1.97. The van der Waals surface area contributed by atoms with E-state index in [0.29, 0.717) is 5.56 Å². The summed E-state index contributed by atoms with van der Waals surface area (Å²) in [5.41, 5.74) is 1.24. The standard InChI is InChI=1S/C11H9FN2O3S/c1-6-2-7(4-8(12)3-6)10-13-11(17-14-10)18-5-9(15)16/h2-4H,5H2,1H3,(H,15,16). The molecule has 0 unspecified atom stereocenters. The van der Waals surface area contributed by atoms with Crippen molar-refractivity contribution < 1.29 is 18.8 Å². The zero-order valence-corrected chi connectivity index (χ0v) is 10.2. The van der Waals surface area contributed by atoms with Crippen LogP contribution in [0.4, 0.5) is 4.39 Å². The van der Waals surface area contributed by atoms with Gasteiger partial charge in [0.2, 0.25) is 5.82 Å². The van der Waals surface area contributed by atoms with Gasteiger partial charge in [0.15, 0.2) is 0 Å². The predicted octanol–water partition coefficient (Wildman–Crippen LogP) is 2.36. The number of benzene rings is 1. The van der Waals surface area contributed by atoms with Crippen LogP contribution >= 0.6 is 11.8 Å². The molecular weight excluding hydrogens is 259 g/mol. The summed E-state index contributed by atoms with van der Waals surface area (Å²) in [7, 11) is 0. The van der Waals surface area contributed by atoms with Crippen molar-refractivity contribution in [3.63, 3.8) is 0 Å². The molecule has 0 saturated heterocycles. The van der Waals surface area contributed by atoms with Crippen LogP contribution < -0.4 is 0 Å². The van der Waals surface area contributed by atoms with Gasteiger partial charge >= 0.3 is 5.97 Å². The molecule has 0 saturated carbocycles. The molecule has 2 aromatic rings. The van der Waals surface area contributed by atoms with Crippen molar-refractivity contribution in [3.8, 4) is 11.4 Å². The maximum Gasteiger partial charge on any atom is 0.314 e. The molecule has 1 aromatic heterocycles. The monoisotopic (exact) mass is 268 g/mol. The van der Waals surface area contributed by atoms with E-state index < -0.39 is 5.97 Å². The number of nitrogens with zero attached hydrogens (tertiary/aromatic N) is 2. The molecule has 1 heterocycles. The fourth-order valence-corrected chi connectivity index (χ4v) is 1.86. The van der Waals surface area contributed by atoms with Crippen LogP contribution in [0, 0.1) is 12.7 Å². The molecule has 1 aromatic carbocycles. The highest BCUT2D eigenvalue weighted by Gasteiger charge is 2.11. The van der Waals surface area contributed by atoms with Gasteiger partial charge in [-0.05, 0) is 30.7 Å². The number of carbonyl (C=O) groups is 1. The summed E-state index contributed by atoms with van der Waals surface area (Å²) in [4.78, 5) is 14.4. The molecule has 18 heavy (non-hydrogen) atoms. The second-order valence-electron chi connectivity index (χ2n) is 3.58. The molecule has 5 nitrogen and oxygen atoms in total. The molecule has 2 rings (SSSR count). The Labute approximate surface area is 106 Å². The second-order valence-corrected chi connectivity index (χ2v) is 4.51. The highest BCUT2D eigenvalue weighted by Crippen LogP contribution is 2.22. The Morgan fingerprint density at radius 3 is 2.94 bits per heavy atom. The number of thioether (sulfide) groups is 1. The third kappa shape index (κ3) is 3.07. The maximum absolute atomic E-state index is 13.2. The van der Waals surface area contributed by atoms with Gasteiger partial charge in [0, 0.05) is 5.56 Å². The van der Waals surface area contributed by atoms with E-state index in [-0.39, 0.29) is 22.6 Å². The minimum atomic E-state index is -0.971. The fraction of sp³-hybridized carbons (Fsp3) is 0.182. The van der Waals surface area contributed by atoms with Crippen molar-refractivity contribution in [2.24, 2.45) is 0 Å². The molecule has 0 aliphatic heterocycles. The Kier molecular flexibility index (Phi) is 3.61. The number of hydrogen-bond donors (Lipinski definition) is 1. The average molecular weight is 268 g/mol. The van der Waals surface area contributed by atoms with E-state index in [0.717, 1.165) is 17.3 Å². The van der Waals surface area contributed by atoms with Crippen LogP contribution in [-0.4, -0.2) is 27.0 Å². The Morgan fingerprint density at radius 1 is 1.50 bits per heavy atom. The van der Waals surface area contributed by atoms with Crippen LogP contribution in [0.15, 0.2) is 27.9 Å². The van der Waals surface area contributed by atoms with Gasteiger partial charge < -0.3 is 9.63 Å².